The van der Waals surface area contributed by atoms with E-state index in [-0.39, 0.29) is 23.3 Å². The van der Waals surface area contributed by atoms with Gasteiger partial charge in [-0.1, -0.05) is 43.2 Å². The molecule has 1 N–H and O–H groups in total. The summed E-state index contributed by atoms with van der Waals surface area (Å²) in [6.45, 7) is 3.98. The Morgan fingerprint density at radius 3 is 2.53 bits per heavy atom. The largest absolute Gasteiger partial charge is 0.327 e. The molecule has 2 fully saturated rings. The van der Waals surface area contributed by atoms with Crippen molar-refractivity contribution in [2.75, 3.05) is 11.1 Å². The summed E-state index contributed by atoms with van der Waals surface area (Å²) in [5, 5.41) is 14.1. The van der Waals surface area contributed by atoms with Gasteiger partial charge in [0, 0.05) is 17.8 Å². The monoisotopic (exact) mass is 475 g/mol. The molecular weight excluding hydrogens is 446 g/mol. The van der Waals surface area contributed by atoms with E-state index in [0.717, 1.165) is 36.9 Å². The molecule has 3 aromatic rings. The molecule has 2 aliphatic carbocycles. The molecule has 0 saturated heterocycles. The van der Waals surface area contributed by atoms with Gasteiger partial charge in [0.15, 0.2) is 5.16 Å². The number of nitriles is 1. The third kappa shape index (κ3) is 4.14. The van der Waals surface area contributed by atoms with Crippen LogP contribution in [0.3, 0.4) is 0 Å². The molecule has 8 heteroatoms. The van der Waals surface area contributed by atoms with E-state index in [1.807, 2.05) is 32.0 Å². The second-order valence-electron chi connectivity index (χ2n) is 9.36. The molecule has 1 aromatic carbocycles. The van der Waals surface area contributed by atoms with Gasteiger partial charge in [-0.3, -0.25) is 14.2 Å². The van der Waals surface area contributed by atoms with Crippen molar-refractivity contribution in [3.8, 4) is 6.07 Å². The van der Waals surface area contributed by atoms with E-state index in [9.17, 15) is 14.9 Å². The number of amides is 1. The van der Waals surface area contributed by atoms with Crippen molar-refractivity contribution in [2.24, 2.45) is 0 Å². The van der Waals surface area contributed by atoms with Gasteiger partial charge >= 0.3 is 0 Å². The number of thioether (sulfide) groups is 1. The number of hydrogen-bond donors (Lipinski definition) is 1. The number of benzene rings is 1. The van der Waals surface area contributed by atoms with E-state index in [2.05, 4.69) is 16.0 Å². The summed E-state index contributed by atoms with van der Waals surface area (Å²) < 4.78 is 3.92. The lowest BCUT2D eigenvalue weighted by molar-refractivity contribution is -0.113. The second kappa shape index (κ2) is 9.30. The number of nitrogens with one attached hydrogen (secondary N) is 1. The van der Waals surface area contributed by atoms with E-state index in [0.29, 0.717) is 33.5 Å². The first-order chi connectivity index (χ1) is 16.5. The molecule has 2 heterocycles. The minimum absolute atomic E-state index is 0.0415. The summed E-state index contributed by atoms with van der Waals surface area (Å²) in [5.74, 6) is 0.540. The molecule has 176 valence electrons. The lowest BCUT2D eigenvalue weighted by atomic mass is 9.95. The Morgan fingerprint density at radius 2 is 1.82 bits per heavy atom. The summed E-state index contributed by atoms with van der Waals surface area (Å²) in [6.07, 6.45) is 7.61. The van der Waals surface area contributed by atoms with Gasteiger partial charge in [0.2, 0.25) is 5.91 Å². The third-order valence-electron chi connectivity index (χ3n) is 7.09. The number of fused-ring (bicyclic) bond motifs is 1. The average Bonchev–Trinajstić information content (AvgIpc) is 3.65. The minimum Gasteiger partial charge on any atom is -0.327 e. The lowest BCUT2D eigenvalue weighted by Crippen LogP contribution is -2.24. The quantitative estimate of drug-likeness (QED) is 0.388. The van der Waals surface area contributed by atoms with Gasteiger partial charge in [-0.25, -0.2) is 4.98 Å². The van der Waals surface area contributed by atoms with Crippen molar-refractivity contribution in [3.63, 3.8) is 0 Å². The topological polar surface area (TPSA) is 92.7 Å². The normalized spacial score (nSPS) is 16.5. The Labute approximate surface area is 203 Å². The van der Waals surface area contributed by atoms with Crippen molar-refractivity contribution in [2.45, 2.75) is 76.0 Å². The number of rotatable bonds is 6. The SMILES string of the molecule is Cc1c(C#N)c(NC(=O)CSc2nc3ccccc3c(=O)n2C2CC2)n(C2CCCCC2)c1C. The van der Waals surface area contributed by atoms with Crippen molar-refractivity contribution >= 4 is 34.4 Å². The van der Waals surface area contributed by atoms with E-state index >= 15 is 0 Å². The van der Waals surface area contributed by atoms with E-state index in [1.54, 1.807) is 10.6 Å². The van der Waals surface area contributed by atoms with Crippen LogP contribution in [0.15, 0.2) is 34.2 Å². The van der Waals surface area contributed by atoms with Crippen LogP contribution in [-0.4, -0.2) is 25.8 Å². The van der Waals surface area contributed by atoms with Crippen molar-refractivity contribution in [1.29, 1.82) is 5.26 Å². The number of anilines is 1. The zero-order valence-electron chi connectivity index (χ0n) is 19.6. The molecule has 5 rings (SSSR count). The van der Waals surface area contributed by atoms with Gasteiger partial charge in [-0.2, -0.15) is 5.26 Å². The summed E-state index contributed by atoms with van der Waals surface area (Å²) in [6, 6.07) is 10.1. The maximum atomic E-state index is 13.1. The summed E-state index contributed by atoms with van der Waals surface area (Å²) in [5.41, 5.74) is 3.12. The molecule has 7 nitrogen and oxygen atoms in total. The highest BCUT2D eigenvalue weighted by molar-refractivity contribution is 7.99. The fraction of sp³-hybridized carbons (Fsp3) is 0.462. The highest BCUT2D eigenvalue weighted by Crippen LogP contribution is 2.38. The molecule has 0 aliphatic heterocycles. The maximum absolute atomic E-state index is 13.1. The van der Waals surface area contributed by atoms with Crippen LogP contribution in [0.1, 0.15) is 73.9 Å². The van der Waals surface area contributed by atoms with E-state index < -0.39 is 0 Å². The molecule has 1 amide bonds. The van der Waals surface area contributed by atoms with Gasteiger partial charge in [-0.05, 0) is 57.2 Å². The van der Waals surface area contributed by atoms with E-state index in [4.69, 9.17) is 4.98 Å². The standard InChI is InChI=1S/C26H29N5O2S/c1-16-17(2)30(18-8-4-3-5-9-18)24(21(16)14-27)29-23(32)15-34-26-28-22-11-7-6-10-20(22)25(33)31(26)19-12-13-19/h6-7,10-11,18-19H,3-5,8-9,12-13,15H2,1-2H3,(H,29,32). The molecule has 0 radical (unpaired) electrons. The smallest absolute Gasteiger partial charge is 0.262 e. The zero-order chi connectivity index (χ0) is 23.8. The molecule has 2 aliphatic rings. The predicted octanol–water partition coefficient (Wildman–Crippen LogP) is 5.26. The summed E-state index contributed by atoms with van der Waals surface area (Å²) in [4.78, 5) is 30.9. The van der Waals surface area contributed by atoms with Gasteiger partial charge in [0.25, 0.3) is 5.56 Å². The molecule has 0 atom stereocenters. The first-order valence-corrected chi connectivity index (χ1v) is 13.0. The molecule has 2 saturated carbocycles. The number of nitrogens with zero attached hydrogens (tertiary/aromatic N) is 4. The Balaban J connectivity index is 1.40. The second-order valence-corrected chi connectivity index (χ2v) is 10.3. The number of aromatic nitrogens is 3. The van der Waals surface area contributed by atoms with Crippen LogP contribution < -0.4 is 10.9 Å². The van der Waals surface area contributed by atoms with Crippen LogP contribution in [0.4, 0.5) is 5.82 Å². The molecule has 0 unspecified atom stereocenters. The van der Waals surface area contributed by atoms with Crippen molar-refractivity contribution in [3.05, 3.63) is 51.4 Å². The van der Waals surface area contributed by atoms with Gasteiger partial charge in [0.1, 0.15) is 11.9 Å². The lowest BCUT2D eigenvalue weighted by Gasteiger charge is -2.27. The minimum atomic E-state index is -0.194. The number of hydrogen-bond acceptors (Lipinski definition) is 5. The third-order valence-corrected chi connectivity index (χ3v) is 8.04. The van der Waals surface area contributed by atoms with Crippen LogP contribution in [0, 0.1) is 25.2 Å². The number of para-hydroxylation sites is 1. The van der Waals surface area contributed by atoms with Crippen LogP contribution in [0.2, 0.25) is 0 Å². The predicted molar refractivity (Wildman–Crippen MR) is 134 cm³/mol. The van der Waals surface area contributed by atoms with Gasteiger partial charge in [-0.15, -0.1) is 0 Å². The van der Waals surface area contributed by atoms with Crippen molar-refractivity contribution in [1.82, 2.24) is 14.1 Å². The fourth-order valence-electron chi connectivity index (χ4n) is 5.06. The Morgan fingerprint density at radius 1 is 1.12 bits per heavy atom. The van der Waals surface area contributed by atoms with E-state index in [1.165, 1.54) is 31.0 Å². The Hall–Kier alpha value is -3.05. The van der Waals surface area contributed by atoms with Crippen LogP contribution in [-0.2, 0) is 4.79 Å². The molecule has 0 spiro atoms. The Kier molecular flexibility index (Phi) is 6.22. The van der Waals surface area contributed by atoms with Gasteiger partial charge in [0.05, 0.1) is 22.2 Å². The highest BCUT2D eigenvalue weighted by Gasteiger charge is 2.29. The molecule has 0 bridgehead atoms. The highest BCUT2D eigenvalue weighted by atomic mass is 32.2. The first kappa shape index (κ1) is 22.7. The fourth-order valence-corrected chi connectivity index (χ4v) is 5.93. The molecule has 34 heavy (non-hydrogen) atoms. The summed E-state index contributed by atoms with van der Waals surface area (Å²) >= 11 is 1.29. The Bertz CT molecular complexity index is 1360. The summed E-state index contributed by atoms with van der Waals surface area (Å²) in [7, 11) is 0. The average molecular weight is 476 g/mol. The van der Waals surface area contributed by atoms with Crippen LogP contribution >= 0.6 is 11.8 Å². The number of carbonyl (C=O) groups is 1. The van der Waals surface area contributed by atoms with Crippen molar-refractivity contribution < 1.29 is 4.79 Å². The van der Waals surface area contributed by atoms with Gasteiger partial charge < -0.3 is 9.88 Å². The van der Waals surface area contributed by atoms with Crippen LogP contribution in [0.5, 0.6) is 0 Å². The van der Waals surface area contributed by atoms with Crippen LogP contribution in [0.25, 0.3) is 10.9 Å². The first-order valence-electron chi connectivity index (χ1n) is 12.0. The molecule has 2 aromatic heterocycles. The maximum Gasteiger partial charge on any atom is 0.262 e. The number of carbonyl (C=O) groups excluding carboxylic acids is 1. The zero-order valence-corrected chi connectivity index (χ0v) is 20.5. The molecular formula is C26H29N5O2S.